The highest BCUT2D eigenvalue weighted by Gasteiger charge is 2.60. The first-order valence-electron chi connectivity index (χ1n) is 19.7. The molecule has 1 saturated heterocycles. The van der Waals surface area contributed by atoms with E-state index in [0.29, 0.717) is 17.3 Å². The van der Waals surface area contributed by atoms with E-state index in [4.69, 9.17) is 28.4 Å². The van der Waals surface area contributed by atoms with Crippen molar-refractivity contribution < 1.29 is 47.6 Å². The van der Waals surface area contributed by atoms with E-state index in [1.165, 1.54) is 78.2 Å². The van der Waals surface area contributed by atoms with Gasteiger partial charge in [0.1, 0.15) is 12.7 Å². The Bertz CT molecular complexity index is 1310. The van der Waals surface area contributed by atoms with Crippen LogP contribution in [0.15, 0.2) is 11.6 Å². The number of carbonyl (C=O) groups excluding carboxylic acids is 4. The van der Waals surface area contributed by atoms with Crippen molar-refractivity contribution in [2.75, 3.05) is 6.61 Å². The number of hydrogen-bond acceptors (Lipinski definition) is 10. The van der Waals surface area contributed by atoms with Crippen molar-refractivity contribution in [1.82, 2.24) is 0 Å². The van der Waals surface area contributed by atoms with E-state index in [0.717, 1.165) is 49.4 Å². The Morgan fingerprint density at radius 3 is 2.12 bits per heavy atom. The number of ether oxygens (including phenoxy) is 6. The van der Waals surface area contributed by atoms with Gasteiger partial charge in [0.2, 0.25) is 0 Å². The van der Waals surface area contributed by atoms with Gasteiger partial charge < -0.3 is 28.4 Å². The van der Waals surface area contributed by atoms with Crippen LogP contribution in [0.1, 0.15) is 133 Å². The topological polar surface area (TPSA) is 124 Å². The molecule has 51 heavy (non-hydrogen) atoms. The minimum Gasteiger partial charge on any atom is -0.463 e. The highest BCUT2D eigenvalue weighted by Crippen LogP contribution is 2.67. The summed E-state index contributed by atoms with van der Waals surface area (Å²) in [6.45, 7) is 17.0. The van der Waals surface area contributed by atoms with Crippen molar-refractivity contribution in [3.8, 4) is 0 Å². The van der Waals surface area contributed by atoms with Gasteiger partial charge in [-0.2, -0.15) is 0 Å². The van der Waals surface area contributed by atoms with Gasteiger partial charge in [-0.05, 0) is 97.7 Å². The average Bonchev–Trinajstić information content (AvgIpc) is 3.39. The van der Waals surface area contributed by atoms with E-state index in [2.05, 4.69) is 40.7 Å². The zero-order valence-electron chi connectivity index (χ0n) is 32.6. The second kappa shape index (κ2) is 16.3. The maximum Gasteiger partial charge on any atom is 0.303 e. The molecule has 0 N–H and O–H groups in total. The summed E-state index contributed by atoms with van der Waals surface area (Å²) in [5.74, 6) is 2.01. The van der Waals surface area contributed by atoms with Gasteiger partial charge >= 0.3 is 23.9 Å². The van der Waals surface area contributed by atoms with Crippen molar-refractivity contribution in [2.24, 2.45) is 46.3 Å². The van der Waals surface area contributed by atoms with Crippen LogP contribution in [0.3, 0.4) is 0 Å². The third-order valence-electron chi connectivity index (χ3n) is 13.5. The molecule has 10 heteroatoms. The molecule has 4 fully saturated rings. The van der Waals surface area contributed by atoms with Crippen LogP contribution in [-0.4, -0.2) is 67.3 Å². The second-order valence-corrected chi connectivity index (χ2v) is 17.4. The number of carbonyl (C=O) groups is 4. The van der Waals surface area contributed by atoms with Gasteiger partial charge in [-0.1, -0.05) is 65.5 Å². The lowest BCUT2D eigenvalue weighted by Crippen LogP contribution is -2.63. The molecule has 0 bridgehead atoms. The number of hydrogen-bond donors (Lipinski definition) is 0. The van der Waals surface area contributed by atoms with Crippen LogP contribution in [0.25, 0.3) is 0 Å². The van der Waals surface area contributed by atoms with Crippen molar-refractivity contribution in [3.05, 3.63) is 11.6 Å². The molecule has 1 heterocycles. The lowest BCUT2D eigenvalue weighted by Gasteiger charge is -2.58. The van der Waals surface area contributed by atoms with E-state index in [9.17, 15) is 19.2 Å². The van der Waals surface area contributed by atoms with Crippen molar-refractivity contribution in [1.29, 1.82) is 0 Å². The van der Waals surface area contributed by atoms with Crippen molar-refractivity contribution in [3.63, 3.8) is 0 Å². The van der Waals surface area contributed by atoms with Gasteiger partial charge in [-0.25, -0.2) is 0 Å². The minimum absolute atomic E-state index is 0.104. The van der Waals surface area contributed by atoms with E-state index < -0.39 is 54.6 Å². The lowest BCUT2D eigenvalue weighted by molar-refractivity contribution is -0.318. The lowest BCUT2D eigenvalue weighted by atomic mass is 9.47. The van der Waals surface area contributed by atoms with E-state index in [1.54, 1.807) is 0 Å². The molecular weight excluding hydrogens is 652 g/mol. The van der Waals surface area contributed by atoms with Crippen LogP contribution in [0.2, 0.25) is 0 Å². The summed E-state index contributed by atoms with van der Waals surface area (Å²) in [6, 6.07) is 0. The molecule has 0 spiro atoms. The first-order valence-corrected chi connectivity index (χ1v) is 19.7. The Kier molecular flexibility index (Phi) is 12.7. The van der Waals surface area contributed by atoms with Gasteiger partial charge in [-0.3, -0.25) is 19.2 Å². The van der Waals surface area contributed by atoms with Crippen LogP contribution < -0.4 is 0 Å². The fourth-order valence-electron chi connectivity index (χ4n) is 11.3. The molecule has 0 unspecified atom stereocenters. The molecule has 288 valence electrons. The summed E-state index contributed by atoms with van der Waals surface area (Å²) in [5, 5.41) is 0. The van der Waals surface area contributed by atoms with E-state index in [1.807, 2.05) is 0 Å². The molecule has 10 nitrogen and oxygen atoms in total. The number of esters is 4. The van der Waals surface area contributed by atoms with Gasteiger partial charge in [0.25, 0.3) is 0 Å². The quantitative estimate of drug-likeness (QED) is 0.114. The van der Waals surface area contributed by atoms with Crippen LogP contribution in [0, 0.1) is 46.3 Å². The summed E-state index contributed by atoms with van der Waals surface area (Å²) in [5.41, 5.74) is 1.97. The molecule has 0 aromatic carbocycles. The monoisotopic (exact) mass is 716 g/mol. The van der Waals surface area contributed by atoms with Gasteiger partial charge in [0.15, 0.2) is 24.6 Å². The van der Waals surface area contributed by atoms with Crippen molar-refractivity contribution in [2.45, 2.75) is 170 Å². The van der Waals surface area contributed by atoms with Gasteiger partial charge in [0.05, 0.1) is 6.10 Å². The standard InChI is InChI=1S/C41H64O10/c1-23(2)11-10-12-24(3)32-15-16-33-31-14-13-29-21-30(17-19-40(29,8)34(31)18-20-41(32,33)9)50-39-38(49-28(7)45)37(48-27(6)44)36(47-26(5)43)35(51-39)22-46-25(4)42/h13,23-24,30-39H,10-12,14-22H2,1-9H3/t24-,30+,31+,32-,33+,34+,35-,36-,37+,38-,39+,40+,41-/m1/s1. The number of fused-ring (bicyclic) bond motifs is 5. The Balaban J connectivity index is 1.32. The third-order valence-corrected chi connectivity index (χ3v) is 13.5. The number of rotatable bonds is 12. The minimum atomic E-state index is -1.23. The molecule has 1 aliphatic heterocycles. The second-order valence-electron chi connectivity index (χ2n) is 17.4. The fourth-order valence-corrected chi connectivity index (χ4v) is 11.3. The highest BCUT2D eigenvalue weighted by atomic mass is 16.7. The predicted octanol–water partition coefficient (Wildman–Crippen LogP) is 7.50. The maximum atomic E-state index is 12.3. The Morgan fingerprint density at radius 1 is 0.804 bits per heavy atom. The molecule has 0 aromatic rings. The third kappa shape index (κ3) is 8.69. The normalized spacial score (nSPS) is 39.5. The Labute approximate surface area is 305 Å². The van der Waals surface area contributed by atoms with Crippen LogP contribution >= 0.6 is 0 Å². The summed E-state index contributed by atoms with van der Waals surface area (Å²) < 4.78 is 35.0. The molecule has 3 saturated carbocycles. The summed E-state index contributed by atoms with van der Waals surface area (Å²) in [6.07, 6.45) is 9.39. The van der Waals surface area contributed by atoms with E-state index >= 15 is 0 Å². The fraction of sp³-hybridized carbons (Fsp3) is 0.854. The summed E-state index contributed by atoms with van der Waals surface area (Å²) in [4.78, 5) is 48.5. The molecule has 0 amide bonds. The van der Waals surface area contributed by atoms with Gasteiger partial charge in [0, 0.05) is 27.7 Å². The molecule has 4 aliphatic carbocycles. The number of allylic oxidation sites excluding steroid dienone is 1. The first kappa shape index (κ1) is 39.7. The van der Waals surface area contributed by atoms with Crippen LogP contribution in [-0.2, 0) is 47.6 Å². The van der Waals surface area contributed by atoms with Crippen LogP contribution in [0.4, 0.5) is 0 Å². The van der Waals surface area contributed by atoms with Crippen molar-refractivity contribution >= 4 is 23.9 Å². The predicted molar refractivity (Wildman–Crippen MR) is 190 cm³/mol. The summed E-state index contributed by atoms with van der Waals surface area (Å²) in [7, 11) is 0. The Hall–Kier alpha value is -2.46. The SMILES string of the molecule is CC(=O)OC[C@H]1O[C@H](O[C@H]2CC[C@@]3(C)C(=CC[C@H]4[C@@H]5CC[C@H]([C@H](C)CCCC(C)C)[C@@]5(C)CC[C@@H]43)C2)[C@H](OC(C)=O)[C@@H](OC(C)=O)[C@@H]1OC(C)=O. The molecule has 0 radical (unpaired) electrons. The maximum absolute atomic E-state index is 12.3. The highest BCUT2D eigenvalue weighted by molar-refractivity contribution is 5.68. The zero-order chi connectivity index (χ0) is 37.2. The zero-order valence-corrected chi connectivity index (χ0v) is 32.6. The smallest absolute Gasteiger partial charge is 0.303 e. The Morgan fingerprint density at radius 2 is 1.47 bits per heavy atom. The van der Waals surface area contributed by atoms with Crippen LogP contribution in [0.5, 0.6) is 0 Å². The van der Waals surface area contributed by atoms with Gasteiger partial charge in [-0.15, -0.1) is 0 Å². The van der Waals surface area contributed by atoms with E-state index in [-0.39, 0.29) is 18.1 Å². The molecule has 5 rings (SSSR count). The average molecular weight is 717 g/mol. The summed E-state index contributed by atoms with van der Waals surface area (Å²) >= 11 is 0. The first-order chi connectivity index (χ1) is 24.0. The molecule has 13 atom stereocenters. The molecule has 5 aliphatic rings. The largest absolute Gasteiger partial charge is 0.463 e. The molecular formula is C41H64O10. The molecule has 0 aromatic heterocycles.